The highest BCUT2D eigenvalue weighted by Gasteiger charge is 2.24. The van der Waals surface area contributed by atoms with E-state index in [2.05, 4.69) is 23.8 Å². The molecule has 106 valence electrons. The standard InChI is InChI=1S/C15H19N3O2/c1-11-9-20-12(2)8-17(11)10-18-15(19)14-6-4-3-5-13(14)7-16-18/h3-7,11-12H,8-10H2,1-2H3. The monoisotopic (exact) mass is 273 g/mol. The van der Waals surface area contributed by atoms with Crippen LogP contribution in [-0.4, -0.2) is 40.0 Å². The molecule has 0 saturated carbocycles. The maximum atomic E-state index is 12.4. The third-order valence-electron chi connectivity index (χ3n) is 3.81. The van der Waals surface area contributed by atoms with E-state index in [-0.39, 0.29) is 11.7 Å². The molecule has 2 unspecified atom stereocenters. The number of aromatic nitrogens is 2. The van der Waals surface area contributed by atoms with E-state index in [0.29, 0.717) is 19.3 Å². The second-order valence-corrected chi connectivity index (χ2v) is 5.44. The van der Waals surface area contributed by atoms with Crippen LogP contribution >= 0.6 is 0 Å². The van der Waals surface area contributed by atoms with Crippen molar-refractivity contribution in [3.63, 3.8) is 0 Å². The summed E-state index contributed by atoms with van der Waals surface area (Å²) in [7, 11) is 0. The van der Waals surface area contributed by atoms with Gasteiger partial charge in [0.15, 0.2) is 0 Å². The molecule has 0 radical (unpaired) electrons. The van der Waals surface area contributed by atoms with Gasteiger partial charge in [0.05, 0.1) is 31.0 Å². The van der Waals surface area contributed by atoms with Gasteiger partial charge in [0, 0.05) is 18.0 Å². The molecule has 0 bridgehead atoms. The Morgan fingerprint density at radius 3 is 3.00 bits per heavy atom. The van der Waals surface area contributed by atoms with Crippen molar-refractivity contribution in [2.24, 2.45) is 0 Å². The third kappa shape index (κ3) is 2.46. The van der Waals surface area contributed by atoms with E-state index in [1.807, 2.05) is 24.3 Å². The van der Waals surface area contributed by atoms with E-state index < -0.39 is 0 Å². The van der Waals surface area contributed by atoms with Gasteiger partial charge in [-0.1, -0.05) is 18.2 Å². The fourth-order valence-corrected chi connectivity index (χ4v) is 2.57. The Morgan fingerprint density at radius 1 is 1.35 bits per heavy atom. The molecule has 5 nitrogen and oxygen atoms in total. The normalized spacial score (nSPS) is 24.1. The molecule has 1 aliphatic rings. The Balaban J connectivity index is 1.91. The van der Waals surface area contributed by atoms with Crippen LogP contribution in [-0.2, 0) is 11.4 Å². The lowest BCUT2D eigenvalue weighted by molar-refractivity contribution is -0.0627. The van der Waals surface area contributed by atoms with Crippen molar-refractivity contribution in [3.8, 4) is 0 Å². The summed E-state index contributed by atoms with van der Waals surface area (Å²) < 4.78 is 7.15. The van der Waals surface area contributed by atoms with Gasteiger partial charge in [-0.15, -0.1) is 0 Å². The van der Waals surface area contributed by atoms with Gasteiger partial charge >= 0.3 is 0 Å². The molecule has 3 rings (SSSR count). The Bertz CT molecular complexity index is 667. The van der Waals surface area contributed by atoms with E-state index in [9.17, 15) is 4.79 Å². The predicted octanol–water partition coefficient (Wildman–Crippen LogP) is 1.46. The van der Waals surface area contributed by atoms with Crippen LogP contribution in [0.4, 0.5) is 0 Å². The second kappa shape index (κ2) is 5.34. The predicted molar refractivity (Wildman–Crippen MR) is 77.6 cm³/mol. The average molecular weight is 273 g/mol. The molecular formula is C15H19N3O2. The lowest BCUT2D eigenvalue weighted by Crippen LogP contribution is -2.49. The Kier molecular flexibility index (Phi) is 3.54. The van der Waals surface area contributed by atoms with Crippen molar-refractivity contribution >= 4 is 10.8 Å². The molecule has 1 saturated heterocycles. The topological polar surface area (TPSA) is 47.4 Å². The van der Waals surface area contributed by atoms with Crippen LogP contribution in [0.1, 0.15) is 13.8 Å². The first kappa shape index (κ1) is 13.3. The number of benzene rings is 1. The van der Waals surface area contributed by atoms with Gasteiger partial charge in [0.25, 0.3) is 5.56 Å². The van der Waals surface area contributed by atoms with Gasteiger partial charge in [-0.25, -0.2) is 4.68 Å². The zero-order chi connectivity index (χ0) is 14.1. The van der Waals surface area contributed by atoms with Crippen LogP contribution in [0, 0.1) is 0 Å². The Hall–Kier alpha value is -1.72. The quantitative estimate of drug-likeness (QED) is 0.831. The minimum atomic E-state index is -0.0329. The highest BCUT2D eigenvalue weighted by Crippen LogP contribution is 2.12. The third-order valence-corrected chi connectivity index (χ3v) is 3.81. The Labute approximate surface area is 117 Å². The molecule has 2 heterocycles. The molecule has 0 N–H and O–H groups in total. The van der Waals surface area contributed by atoms with E-state index in [1.165, 1.54) is 4.68 Å². The maximum Gasteiger partial charge on any atom is 0.275 e. The summed E-state index contributed by atoms with van der Waals surface area (Å²) in [6.07, 6.45) is 1.95. The zero-order valence-electron chi connectivity index (χ0n) is 11.8. The SMILES string of the molecule is CC1CN(Cn2ncc3ccccc3c2=O)C(C)CO1. The van der Waals surface area contributed by atoms with Crippen LogP contribution in [0.5, 0.6) is 0 Å². The summed E-state index contributed by atoms with van der Waals surface area (Å²) in [5.74, 6) is 0. The average Bonchev–Trinajstić information content (AvgIpc) is 2.46. The highest BCUT2D eigenvalue weighted by molar-refractivity contribution is 5.80. The first-order valence-electron chi connectivity index (χ1n) is 6.95. The minimum Gasteiger partial charge on any atom is -0.376 e. The number of morpholine rings is 1. The molecule has 1 aliphatic heterocycles. The number of rotatable bonds is 2. The second-order valence-electron chi connectivity index (χ2n) is 5.44. The zero-order valence-corrected chi connectivity index (χ0v) is 11.8. The van der Waals surface area contributed by atoms with E-state index in [0.717, 1.165) is 17.3 Å². The summed E-state index contributed by atoms with van der Waals surface area (Å²) >= 11 is 0. The summed E-state index contributed by atoms with van der Waals surface area (Å²) in [5.41, 5.74) is -0.0329. The van der Waals surface area contributed by atoms with Crippen molar-refractivity contribution in [2.45, 2.75) is 32.7 Å². The summed E-state index contributed by atoms with van der Waals surface area (Å²) in [6, 6.07) is 7.85. The largest absolute Gasteiger partial charge is 0.376 e. The number of hydrogen-bond donors (Lipinski definition) is 0. The number of nitrogens with zero attached hydrogens (tertiary/aromatic N) is 3. The van der Waals surface area contributed by atoms with Gasteiger partial charge in [-0.2, -0.15) is 5.10 Å². The molecule has 0 aliphatic carbocycles. The summed E-state index contributed by atoms with van der Waals surface area (Å²) in [6.45, 7) is 6.19. The first-order chi connectivity index (χ1) is 9.65. The molecule has 20 heavy (non-hydrogen) atoms. The van der Waals surface area contributed by atoms with Crippen LogP contribution in [0.3, 0.4) is 0 Å². The van der Waals surface area contributed by atoms with Crippen molar-refractivity contribution in [1.82, 2.24) is 14.7 Å². The summed E-state index contributed by atoms with van der Waals surface area (Å²) in [5, 5.41) is 5.89. The summed E-state index contributed by atoms with van der Waals surface area (Å²) in [4.78, 5) is 14.7. The van der Waals surface area contributed by atoms with Crippen molar-refractivity contribution in [2.75, 3.05) is 13.2 Å². The van der Waals surface area contributed by atoms with Gasteiger partial charge in [0.2, 0.25) is 0 Å². The number of ether oxygens (including phenoxy) is 1. The van der Waals surface area contributed by atoms with Crippen LogP contribution < -0.4 is 5.56 Å². The van der Waals surface area contributed by atoms with E-state index >= 15 is 0 Å². The Morgan fingerprint density at radius 2 is 2.15 bits per heavy atom. The van der Waals surface area contributed by atoms with Crippen molar-refractivity contribution in [1.29, 1.82) is 0 Å². The van der Waals surface area contributed by atoms with Crippen LogP contribution in [0.15, 0.2) is 35.3 Å². The van der Waals surface area contributed by atoms with Gasteiger partial charge in [-0.3, -0.25) is 9.69 Å². The van der Waals surface area contributed by atoms with Crippen molar-refractivity contribution in [3.05, 3.63) is 40.8 Å². The van der Waals surface area contributed by atoms with E-state index in [1.54, 1.807) is 6.20 Å². The lowest BCUT2D eigenvalue weighted by Gasteiger charge is -2.36. The van der Waals surface area contributed by atoms with Gasteiger partial charge < -0.3 is 4.74 Å². The number of hydrogen-bond acceptors (Lipinski definition) is 4. The number of fused-ring (bicyclic) bond motifs is 1. The first-order valence-corrected chi connectivity index (χ1v) is 6.95. The molecule has 1 aromatic carbocycles. The molecule has 1 aromatic heterocycles. The van der Waals surface area contributed by atoms with Crippen molar-refractivity contribution < 1.29 is 4.74 Å². The minimum absolute atomic E-state index is 0.0329. The molecule has 1 fully saturated rings. The molecular weight excluding hydrogens is 254 g/mol. The van der Waals surface area contributed by atoms with Crippen LogP contribution in [0.25, 0.3) is 10.8 Å². The lowest BCUT2D eigenvalue weighted by atomic mass is 10.2. The van der Waals surface area contributed by atoms with Gasteiger partial charge in [0.1, 0.15) is 0 Å². The highest BCUT2D eigenvalue weighted by atomic mass is 16.5. The van der Waals surface area contributed by atoms with Crippen LogP contribution in [0.2, 0.25) is 0 Å². The smallest absolute Gasteiger partial charge is 0.275 e. The maximum absolute atomic E-state index is 12.4. The van der Waals surface area contributed by atoms with Gasteiger partial charge in [-0.05, 0) is 19.9 Å². The fraction of sp³-hybridized carbons (Fsp3) is 0.467. The molecule has 0 amide bonds. The molecule has 2 atom stereocenters. The molecule has 0 spiro atoms. The van der Waals surface area contributed by atoms with E-state index in [4.69, 9.17) is 4.74 Å². The molecule has 5 heteroatoms. The fourth-order valence-electron chi connectivity index (χ4n) is 2.57. The molecule has 2 aromatic rings.